The normalized spacial score (nSPS) is 12.0. The summed E-state index contributed by atoms with van der Waals surface area (Å²) in [6, 6.07) is 9.96. The van der Waals surface area contributed by atoms with E-state index in [0.717, 1.165) is 18.2 Å². The molecule has 25 heavy (non-hydrogen) atoms. The molecule has 2 rings (SSSR count). The van der Waals surface area contributed by atoms with Crippen molar-refractivity contribution in [2.45, 2.75) is 32.7 Å². The standard InChI is InChI=1S/C19H25N3O3/c1-3-11-22(12-4-2)19(25)17(13-23)21-18(24)16-10-9-14-7-5-6-8-15(14)20-16/h5-10,17,23H,3-4,11-13H2,1-2H3,(H,21,24). The van der Waals surface area contributed by atoms with Gasteiger partial charge in [0.15, 0.2) is 0 Å². The predicted molar refractivity (Wildman–Crippen MR) is 97.2 cm³/mol. The molecule has 0 aliphatic carbocycles. The van der Waals surface area contributed by atoms with Gasteiger partial charge in [0.25, 0.3) is 5.91 Å². The molecule has 1 unspecified atom stereocenters. The lowest BCUT2D eigenvalue weighted by Gasteiger charge is -2.26. The molecule has 0 bridgehead atoms. The van der Waals surface area contributed by atoms with Gasteiger partial charge < -0.3 is 15.3 Å². The van der Waals surface area contributed by atoms with Crippen molar-refractivity contribution in [3.63, 3.8) is 0 Å². The third kappa shape index (κ3) is 4.76. The van der Waals surface area contributed by atoms with E-state index in [9.17, 15) is 14.7 Å². The number of aliphatic hydroxyl groups excluding tert-OH is 1. The van der Waals surface area contributed by atoms with Gasteiger partial charge in [0, 0.05) is 18.5 Å². The van der Waals surface area contributed by atoms with E-state index in [1.807, 2.05) is 44.2 Å². The fourth-order valence-corrected chi connectivity index (χ4v) is 2.70. The number of aromatic nitrogens is 1. The number of carbonyl (C=O) groups excluding carboxylic acids is 2. The fourth-order valence-electron chi connectivity index (χ4n) is 2.70. The van der Waals surface area contributed by atoms with Gasteiger partial charge in [-0.2, -0.15) is 0 Å². The summed E-state index contributed by atoms with van der Waals surface area (Å²) in [5.41, 5.74) is 0.933. The zero-order valence-electron chi connectivity index (χ0n) is 14.7. The van der Waals surface area contributed by atoms with Gasteiger partial charge in [-0.05, 0) is 25.0 Å². The molecule has 6 nitrogen and oxygen atoms in total. The molecule has 2 aromatic rings. The highest BCUT2D eigenvalue weighted by molar-refractivity contribution is 5.97. The van der Waals surface area contributed by atoms with Gasteiger partial charge in [0.1, 0.15) is 11.7 Å². The Morgan fingerprint density at radius 1 is 1.12 bits per heavy atom. The number of para-hydroxylation sites is 1. The first kappa shape index (κ1) is 18.9. The molecule has 134 valence electrons. The molecule has 1 heterocycles. The van der Waals surface area contributed by atoms with Crippen LogP contribution in [0.25, 0.3) is 10.9 Å². The Labute approximate surface area is 147 Å². The molecule has 0 aliphatic heterocycles. The van der Waals surface area contributed by atoms with E-state index in [0.29, 0.717) is 18.6 Å². The summed E-state index contributed by atoms with van der Waals surface area (Å²) in [5, 5.41) is 13.1. The number of carbonyl (C=O) groups is 2. The van der Waals surface area contributed by atoms with E-state index in [4.69, 9.17) is 0 Å². The molecular weight excluding hydrogens is 318 g/mol. The molecule has 1 atom stereocenters. The van der Waals surface area contributed by atoms with Gasteiger partial charge in [-0.3, -0.25) is 9.59 Å². The summed E-state index contributed by atoms with van der Waals surface area (Å²) in [4.78, 5) is 31.0. The number of hydrogen-bond donors (Lipinski definition) is 2. The zero-order valence-corrected chi connectivity index (χ0v) is 14.7. The number of hydrogen-bond acceptors (Lipinski definition) is 4. The van der Waals surface area contributed by atoms with E-state index >= 15 is 0 Å². The van der Waals surface area contributed by atoms with Crippen LogP contribution < -0.4 is 5.32 Å². The maximum Gasteiger partial charge on any atom is 0.270 e. The second-order valence-corrected chi connectivity index (χ2v) is 5.92. The summed E-state index contributed by atoms with van der Waals surface area (Å²) < 4.78 is 0. The molecule has 6 heteroatoms. The monoisotopic (exact) mass is 343 g/mol. The molecule has 0 radical (unpaired) electrons. The number of amides is 2. The minimum atomic E-state index is -0.959. The summed E-state index contributed by atoms with van der Waals surface area (Å²) in [5.74, 6) is -0.730. The third-order valence-corrected chi connectivity index (χ3v) is 3.92. The van der Waals surface area contributed by atoms with Gasteiger partial charge in [0.2, 0.25) is 5.91 Å². The van der Waals surface area contributed by atoms with Crippen LogP contribution in [0.15, 0.2) is 36.4 Å². The first-order valence-electron chi connectivity index (χ1n) is 8.67. The number of rotatable bonds is 8. The number of pyridine rings is 1. The van der Waals surface area contributed by atoms with Crippen molar-refractivity contribution in [2.75, 3.05) is 19.7 Å². The number of fused-ring (bicyclic) bond motifs is 1. The fraction of sp³-hybridized carbons (Fsp3) is 0.421. The van der Waals surface area contributed by atoms with E-state index in [-0.39, 0.29) is 11.6 Å². The Kier molecular flexibility index (Phi) is 6.89. The van der Waals surface area contributed by atoms with E-state index in [1.54, 1.807) is 11.0 Å². The maximum atomic E-state index is 12.6. The second kappa shape index (κ2) is 9.13. The van der Waals surface area contributed by atoms with Crippen molar-refractivity contribution in [3.05, 3.63) is 42.1 Å². The van der Waals surface area contributed by atoms with Crippen LogP contribution in [0.4, 0.5) is 0 Å². The highest BCUT2D eigenvalue weighted by Crippen LogP contribution is 2.12. The van der Waals surface area contributed by atoms with Gasteiger partial charge in [0.05, 0.1) is 12.1 Å². The summed E-state index contributed by atoms with van der Waals surface area (Å²) in [7, 11) is 0. The highest BCUT2D eigenvalue weighted by atomic mass is 16.3. The Hall–Kier alpha value is -2.47. The molecule has 0 saturated carbocycles. The molecule has 2 amide bonds. The van der Waals surface area contributed by atoms with E-state index in [1.165, 1.54) is 0 Å². The third-order valence-electron chi connectivity index (χ3n) is 3.92. The van der Waals surface area contributed by atoms with Crippen molar-refractivity contribution in [3.8, 4) is 0 Å². The maximum absolute atomic E-state index is 12.6. The smallest absolute Gasteiger partial charge is 0.270 e. The predicted octanol–water partition coefficient (Wildman–Crippen LogP) is 1.97. The minimum Gasteiger partial charge on any atom is -0.394 e. The van der Waals surface area contributed by atoms with Crippen molar-refractivity contribution >= 4 is 22.7 Å². The first-order chi connectivity index (χ1) is 12.1. The highest BCUT2D eigenvalue weighted by Gasteiger charge is 2.25. The molecule has 2 N–H and O–H groups in total. The van der Waals surface area contributed by atoms with Gasteiger partial charge in [-0.1, -0.05) is 38.1 Å². The zero-order chi connectivity index (χ0) is 18.2. The molecule has 0 fully saturated rings. The van der Waals surface area contributed by atoms with Crippen molar-refractivity contribution in [2.24, 2.45) is 0 Å². The number of nitrogens with one attached hydrogen (secondary N) is 1. The van der Waals surface area contributed by atoms with Crippen LogP contribution in [-0.4, -0.2) is 52.5 Å². The Bertz CT molecular complexity index is 727. The summed E-state index contributed by atoms with van der Waals surface area (Å²) in [6.07, 6.45) is 1.65. The SMILES string of the molecule is CCCN(CCC)C(=O)C(CO)NC(=O)c1ccc2ccccc2n1. The Morgan fingerprint density at radius 3 is 2.44 bits per heavy atom. The number of nitrogens with zero attached hydrogens (tertiary/aromatic N) is 2. The lowest BCUT2D eigenvalue weighted by atomic mass is 10.2. The topological polar surface area (TPSA) is 82.5 Å². The van der Waals surface area contributed by atoms with Crippen molar-refractivity contribution in [1.29, 1.82) is 0 Å². The van der Waals surface area contributed by atoms with Gasteiger partial charge in [-0.15, -0.1) is 0 Å². The minimum absolute atomic E-state index is 0.225. The first-order valence-corrected chi connectivity index (χ1v) is 8.67. The molecular formula is C19H25N3O3. The summed E-state index contributed by atoms with van der Waals surface area (Å²) in [6.45, 7) is 4.74. The molecule has 1 aromatic carbocycles. The average Bonchev–Trinajstić information content (AvgIpc) is 2.64. The van der Waals surface area contributed by atoms with E-state index < -0.39 is 18.6 Å². The largest absolute Gasteiger partial charge is 0.394 e. The number of benzene rings is 1. The van der Waals surface area contributed by atoms with Gasteiger partial charge >= 0.3 is 0 Å². The molecule has 0 spiro atoms. The average molecular weight is 343 g/mol. The number of aliphatic hydroxyl groups is 1. The molecule has 0 saturated heterocycles. The van der Waals surface area contributed by atoms with Crippen LogP contribution in [0.3, 0.4) is 0 Å². The van der Waals surface area contributed by atoms with Crippen LogP contribution in [0.1, 0.15) is 37.2 Å². The second-order valence-electron chi connectivity index (χ2n) is 5.92. The van der Waals surface area contributed by atoms with Crippen LogP contribution in [0.5, 0.6) is 0 Å². The lowest BCUT2D eigenvalue weighted by Crippen LogP contribution is -2.51. The van der Waals surface area contributed by atoms with Crippen LogP contribution in [-0.2, 0) is 4.79 Å². The van der Waals surface area contributed by atoms with Crippen LogP contribution in [0, 0.1) is 0 Å². The van der Waals surface area contributed by atoms with Gasteiger partial charge in [-0.25, -0.2) is 4.98 Å². The van der Waals surface area contributed by atoms with Crippen molar-refractivity contribution < 1.29 is 14.7 Å². The molecule has 1 aromatic heterocycles. The Balaban J connectivity index is 2.13. The lowest BCUT2D eigenvalue weighted by molar-refractivity contribution is -0.134. The van der Waals surface area contributed by atoms with E-state index in [2.05, 4.69) is 10.3 Å². The molecule has 0 aliphatic rings. The van der Waals surface area contributed by atoms with Crippen LogP contribution in [0.2, 0.25) is 0 Å². The quantitative estimate of drug-likeness (QED) is 0.768. The van der Waals surface area contributed by atoms with Crippen LogP contribution >= 0.6 is 0 Å². The summed E-state index contributed by atoms with van der Waals surface area (Å²) >= 11 is 0. The van der Waals surface area contributed by atoms with Crippen molar-refractivity contribution in [1.82, 2.24) is 15.2 Å². The Morgan fingerprint density at radius 2 is 1.80 bits per heavy atom.